The number of anilines is 1. The number of para-hydroxylation sites is 1. The van der Waals surface area contributed by atoms with E-state index in [4.69, 9.17) is 4.74 Å². The number of fused-ring (bicyclic) bond motifs is 1. The number of aliphatic imine (C=N–C) groups is 1. The number of carbonyl (C=O) groups excluding carboxylic acids is 1. The van der Waals surface area contributed by atoms with E-state index in [9.17, 15) is 4.79 Å². The van der Waals surface area contributed by atoms with Crippen molar-refractivity contribution in [1.29, 1.82) is 0 Å². The SMILES string of the molecule is COc1nc(CN=Cc2cn(C(C)=O)c3ccccc23)nc(N(C(C)C)C(C)C)n1. The molecular weight excluding hydrogens is 380 g/mol. The number of aromatic nitrogens is 4. The Morgan fingerprint density at radius 1 is 1.17 bits per heavy atom. The molecule has 158 valence electrons. The first-order chi connectivity index (χ1) is 14.3. The lowest BCUT2D eigenvalue weighted by atomic mass is 10.2. The van der Waals surface area contributed by atoms with Gasteiger partial charge in [0.1, 0.15) is 0 Å². The molecule has 0 fully saturated rings. The second-order valence-electron chi connectivity index (χ2n) is 7.59. The lowest BCUT2D eigenvalue weighted by Crippen LogP contribution is -2.38. The lowest BCUT2D eigenvalue weighted by molar-refractivity contribution is 0.0941. The Hall–Kier alpha value is -3.29. The first-order valence-corrected chi connectivity index (χ1v) is 10.00. The third kappa shape index (κ3) is 4.48. The molecule has 1 aromatic carbocycles. The number of methoxy groups -OCH3 is 1. The van der Waals surface area contributed by atoms with Gasteiger partial charge in [0.05, 0.1) is 19.2 Å². The number of carbonyl (C=O) groups is 1. The summed E-state index contributed by atoms with van der Waals surface area (Å²) in [5, 5.41) is 0.969. The molecule has 8 heteroatoms. The standard InChI is InChI=1S/C22H28N6O2/c1-14(2)28(15(3)4)21-24-20(25-22(26-21)30-6)12-23-11-17-13-27(16(5)29)19-10-8-7-9-18(17)19/h7-11,13-15H,12H2,1-6H3. The molecule has 0 saturated heterocycles. The lowest BCUT2D eigenvalue weighted by Gasteiger charge is -2.30. The first kappa shape index (κ1) is 21.4. The Kier molecular flexibility index (Phi) is 6.44. The highest BCUT2D eigenvalue weighted by Crippen LogP contribution is 2.21. The maximum atomic E-state index is 11.9. The van der Waals surface area contributed by atoms with Crippen molar-refractivity contribution in [1.82, 2.24) is 19.5 Å². The molecule has 30 heavy (non-hydrogen) atoms. The first-order valence-electron chi connectivity index (χ1n) is 10.00. The van der Waals surface area contributed by atoms with Gasteiger partial charge in [-0.05, 0) is 33.8 Å². The van der Waals surface area contributed by atoms with Crippen molar-refractivity contribution >= 4 is 29.0 Å². The summed E-state index contributed by atoms with van der Waals surface area (Å²) in [6, 6.07) is 8.48. The summed E-state index contributed by atoms with van der Waals surface area (Å²) in [7, 11) is 1.54. The largest absolute Gasteiger partial charge is 0.467 e. The van der Waals surface area contributed by atoms with E-state index in [1.54, 1.807) is 23.9 Å². The zero-order chi connectivity index (χ0) is 21.8. The van der Waals surface area contributed by atoms with Crippen LogP contribution in [0, 0.1) is 0 Å². The molecule has 0 atom stereocenters. The van der Waals surface area contributed by atoms with Crippen LogP contribution in [0.15, 0.2) is 35.5 Å². The van der Waals surface area contributed by atoms with E-state index in [0.717, 1.165) is 16.5 Å². The summed E-state index contributed by atoms with van der Waals surface area (Å²) in [5.74, 6) is 1.06. The molecule has 0 saturated carbocycles. The van der Waals surface area contributed by atoms with Gasteiger partial charge in [-0.2, -0.15) is 15.0 Å². The highest BCUT2D eigenvalue weighted by atomic mass is 16.5. The van der Waals surface area contributed by atoms with Gasteiger partial charge >= 0.3 is 6.01 Å². The zero-order valence-electron chi connectivity index (χ0n) is 18.3. The van der Waals surface area contributed by atoms with Gasteiger partial charge in [-0.1, -0.05) is 18.2 Å². The maximum Gasteiger partial charge on any atom is 0.321 e. The molecule has 0 radical (unpaired) electrons. The quantitative estimate of drug-likeness (QED) is 0.554. The van der Waals surface area contributed by atoms with Crippen molar-refractivity contribution in [2.24, 2.45) is 4.99 Å². The average molecular weight is 409 g/mol. The minimum atomic E-state index is -0.0415. The monoisotopic (exact) mass is 408 g/mol. The van der Waals surface area contributed by atoms with Crippen molar-refractivity contribution in [2.75, 3.05) is 12.0 Å². The molecular formula is C22H28N6O2. The van der Waals surface area contributed by atoms with Crippen LogP contribution in [0.4, 0.5) is 5.95 Å². The van der Waals surface area contributed by atoms with E-state index in [1.807, 2.05) is 24.3 Å². The molecule has 0 aliphatic carbocycles. The Morgan fingerprint density at radius 3 is 2.50 bits per heavy atom. The van der Waals surface area contributed by atoms with Gasteiger partial charge in [-0.15, -0.1) is 0 Å². The van der Waals surface area contributed by atoms with Gasteiger partial charge in [-0.3, -0.25) is 14.4 Å². The molecule has 8 nitrogen and oxygen atoms in total. The number of nitrogens with zero attached hydrogens (tertiary/aromatic N) is 6. The van der Waals surface area contributed by atoms with Crippen LogP contribution in [-0.4, -0.2) is 50.8 Å². The van der Waals surface area contributed by atoms with Crippen molar-refractivity contribution in [3.63, 3.8) is 0 Å². The Morgan fingerprint density at radius 2 is 1.87 bits per heavy atom. The molecule has 0 aliphatic heterocycles. The molecule has 3 aromatic rings. The van der Waals surface area contributed by atoms with Gasteiger partial charge in [0.2, 0.25) is 11.9 Å². The van der Waals surface area contributed by atoms with Crippen molar-refractivity contribution in [3.05, 3.63) is 41.9 Å². The molecule has 2 heterocycles. The van der Waals surface area contributed by atoms with Crippen LogP contribution >= 0.6 is 0 Å². The van der Waals surface area contributed by atoms with Crippen LogP contribution < -0.4 is 9.64 Å². The topological polar surface area (TPSA) is 85.5 Å². The van der Waals surface area contributed by atoms with Crippen molar-refractivity contribution in [2.45, 2.75) is 53.2 Å². The van der Waals surface area contributed by atoms with E-state index in [0.29, 0.717) is 11.8 Å². The van der Waals surface area contributed by atoms with Gasteiger partial charge in [0.15, 0.2) is 5.82 Å². The summed E-state index contributed by atoms with van der Waals surface area (Å²) in [6.07, 6.45) is 3.55. The molecule has 0 amide bonds. The zero-order valence-corrected chi connectivity index (χ0v) is 18.3. The van der Waals surface area contributed by atoms with Gasteiger partial charge in [0.25, 0.3) is 0 Å². The summed E-state index contributed by atoms with van der Waals surface area (Å²) in [6.45, 7) is 10.2. The smallest absolute Gasteiger partial charge is 0.321 e. The molecule has 0 spiro atoms. The van der Waals surface area contributed by atoms with E-state index in [-0.39, 0.29) is 30.5 Å². The van der Waals surface area contributed by atoms with Gasteiger partial charge in [0, 0.05) is 42.4 Å². The average Bonchev–Trinajstić information content (AvgIpc) is 3.06. The third-order valence-corrected chi connectivity index (χ3v) is 4.72. The van der Waals surface area contributed by atoms with E-state index < -0.39 is 0 Å². The van der Waals surface area contributed by atoms with Crippen molar-refractivity contribution in [3.8, 4) is 6.01 Å². The predicted octanol–water partition coefficient (Wildman–Crippen LogP) is 3.74. The summed E-state index contributed by atoms with van der Waals surface area (Å²) in [4.78, 5) is 31.9. The Labute approximate surface area is 176 Å². The second kappa shape index (κ2) is 9.02. The van der Waals surface area contributed by atoms with Crippen LogP contribution in [0.25, 0.3) is 10.9 Å². The summed E-state index contributed by atoms with van der Waals surface area (Å²) < 4.78 is 6.90. The molecule has 0 N–H and O–H groups in total. The van der Waals surface area contributed by atoms with Crippen LogP contribution in [0.2, 0.25) is 0 Å². The van der Waals surface area contributed by atoms with Crippen LogP contribution in [-0.2, 0) is 6.54 Å². The number of rotatable bonds is 7. The Balaban J connectivity index is 1.91. The minimum Gasteiger partial charge on any atom is -0.467 e. The highest BCUT2D eigenvalue weighted by Gasteiger charge is 2.19. The van der Waals surface area contributed by atoms with E-state index in [2.05, 4.69) is 52.5 Å². The summed E-state index contributed by atoms with van der Waals surface area (Å²) >= 11 is 0. The molecule has 0 unspecified atom stereocenters. The maximum absolute atomic E-state index is 11.9. The minimum absolute atomic E-state index is 0.0415. The second-order valence-corrected chi connectivity index (χ2v) is 7.59. The molecule has 0 aliphatic rings. The number of ether oxygens (including phenoxy) is 1. The third-order valence-electron chi connectivity index (χ3n) is 4.72. The fourth-order valence-electron chi connectivity index (χ4n) is 3.52. The number of benzene rings is 1. The predicted molar refractivity (Wildman–Crippen MR) is 119 cm³/mol. The van der Waals surface area contributed by atoms with Crippen LogP contribution in [0.5, 0.6) is 6.01 Å². The summed E-state index contributed by atoms with van der Waals surface area (Å²) in [5.41, 5.74) is 1.73. The van der Waals surface area contributed by atoms with Crippen LogP contribution in [0.3, 0.4) is 0 Å². The number of hydrogen-bond acceptors (Lipinski definition) is 7. The normalized spacial score (nSPS) is 11.7. The molecule has 2 aromatic heterocycles. The number of hydrogen-bond donors (Lipinski definition) is 0. The van der Waals surface area contributed by atoms with Crippen LogP contribution in [0.1, 0.15) is 50.8 Å². The molecule has 3 rings (SSSR count). The molecule has 0 bridgehead atoms. The van der Waals surface area contributed by atoms with Gasteiger partial charge in [-0.25, -0.2) is 0 Å². The van der Waals surface area contributed by atoms with E-state index >= 15 is 0 Å². The fourth-order valence-corrected chi connectivity index (χ4v) is 3.52. The highest BCUT2D eigenvalue weighted by molar-refractivity contribution is 6.03. The van der Waals surface area contributed by atoms with E-state index in [1.165, 1.54) is 7.11 Å². The fraction of sp³-hybridized carbons (Fsp3) is 0.409. The van der Waals surface area contributed by atoms with Crippen molar-refractivity contribution < 1.29 is 9.53 Å². The van der Waals surface area contributed by atoms with Gasteiger partial charge < -0.3 is 9.64 Å². The Bertz CT molecular complexity index is 1060.